The maximum Gasteiger partial charge on any atom is 0.321 e. The minimum atomic E-state index is -0.840. The Hall–Kier alpha value is -1.36. The molecule has 1 aromatic heterocycles. The number of aromatic amines is 1. The molecule has 0 unspecified atom stereocenters. The largest absolute Gasteiger partial charge is 0.480 e. The topological polar surface area (TPSA) is 78.0 Å². The molecule has 0 aliphatic carbocycles. The molecule has 0 saturated heterocycles. The van der Waals surface area contributed by atoms with Gasteiger partial charge in [0.1, 0.15) is 6.04 Å². The Morgan fingerprint density at radius 2 is 2.43 bits per heavy atom. The fraction of sp³-hybridized carbons (Fsp3) is 0.556. The fourth-order valence-electron chi connectivity index (χ4n) is 1.24. The number of nitrogens with one attached hydrogen (secondary N) is 2. The van der Waals surface area contributed by atoms with Crippen LogP contribution in [0.15, 0.2) is 12.5 Å². The van der Waals surface area contributed by atoms with Gasteiger partial charge in [-0.05, 0) is 0 Å². The first-order chi connectivity index (χ1) is 6.59. The predicted molar refractivity (Wildman–Crippen MR) is 52.0 cm³/mol. The van der Waals surface area contributed by atoms with Crippen molar-refractivity contribution in [2.75, 3.05) is 0 Å². The molecule has 14 heavy (non-hydrogen) atoms. The van der Waals surface area contributed by atoms with E-state index in [4.69, 9.17) is 5.11 Å². The van der Waals surface area contributed by atoms with Crippen molar-refractivity contribution in [2.45, 2.75) is 32.4 Å². The van der Waals surface area contributed by atoms with E-state index in [-0.39, 0.29) is 6.04 Å². The molecule has 1 atom stereocenters. The van der Waals surface area contributed by atoms with Crippen LogP contribution in [0.5, 0.6) is 0 Å². The molecule has 0 aliphatic rings. The number of hydrogen-bond donors (Lipinski definition) is 3. The normalized spacial score (nSPS) is 13.1. The lowest BCUT2D eigenvalue weighted by Gasteiger charge is -2.16. The van der Waals surface area contributed by atoms with Crippen molar-refractivity contribution in [3.63, 3.8) is 0 Å². The van der Waals surface area contributed by atoms with E-state index in [1.54, 1.807) is 12.5 Å². The van der Waals surface area contributed by atoms with Crippen LogP contribution < -0.4 is 5.32 Å². The Morgan fingerprint density at radius 3 is 2.86 bits per heavy atom. The van der Waals surface area contributed by atoms with Crippen molar-refractivity contribution in [3.8, 4) is 0 Å². The lowest BCUT2D eigenvalue weighted by atomic mass is 10.1. The molecule has 3 N–H and O–H groups in total. The number of imidazole rings is 1. The van der Waals surface area contributed by atoms with E-state index < -0.39 is 12.0 Å². The number of carbonyl (C=O) groups is 1. The van der Waals surface area contributed by atoms with Gasteiger partial charge in [-0.2, -0.15) is 0 Å². The maximum absolute atomic E-state index is 10.9. The molecule has 0 spiro atoms. The molecule has 0 radical (unpaired) electrons. The summed E-state index contributed by atoms with van der Waals surface area (Å²) < 4.78 is 0. The maximum atomic E-state index is 10.9. The third-order valence-electron chi connectivity index (χ3n) is 1.81. The zero-order valence-corrected chi connectivity index (χ0v) is 8.32. The lowest BCUT2D eigenvalue weighted by Crippen LogP contribution is -2.42. The number of carboxylic acid groups (broad SMARTS) is 1. The van der Waals surface area contributed by atoms with Crippen molar-refractivity contribution < 1.29 is 9.90 Å². The van der Waals surface area contributed by atoms with Crippen LogP contribution in [0.4, 0.5) is 0 Å². The van der Waals surface area contributed by atoms with Crippen molar-refractivity contribution in [2.24, 2.45) is 0 Å². The standard InChI is InChI=1S/C9H15N3O2/c1-6(2)12-8(9(13)14)3-7-4-10-5-11-7/h4-6,8,12H,3H2,1-2H3,(H,10,11)(H,13,14)/t8-/m1/s1. The highest BCUT2D eigenvalue weighted by atomic mass is 16.4. The first-order valence-electron chi connectivity index (χ1n) is 4.55. The smallest absolute Gasteiger partial charge is 0.321 e. The highest BCUT2D eigenvalue weighted by Crippen LogP contribution is 1.99. The predicted octanol–water partition coefficient (Wildman–Crippen LogP) is 0.403. The molecule has 0 saturated carbocycles. The van der Waals surface area contributed by atoms with E-state index >= 15 is 0 Å². The van der Waals surface area contributed by atoms with Gasteiger partial charge < -0.3 is 15.4 Å². The molecule has 0 aliphatic heterocycles. The average Bonchev–Trinajstić information content (AvgIpc) is 2.54. The quantitative estimate of drug-likeness (QED) is 0.638. The Morgan fingerprint density at radius 1 is 1.71 bits per heavy atom. The number of carboxylic acids is 1. The van der Waals surface area contributed by atoms with Crippen LogP contribution in [-0.4, -0.2) is 33.1 Å². The third-order valence-corrected chi connectivity index (χ3v) is 1.81. The summed E-state index contributed by atoms with van der Waals surface area (Å²) in [6.45, 7) is 3.84. The van der Waals surface area contributed by atoms with Crippen LogP contribution in [0, 0.1) is 0 Å². The fourth-order valence-corrected chi connectivity index (χ4v) is 1.24. The second-order valence-electron chi connectivity index (χ2n) is 3.49. The van der Waals surface area contributed by atoms with Crippen LogP contribution in [0.25, 0.3) is 0 Å². The number of aliphatic carboxylic acids is 1. The molecule has 0 aromatic carbocycles. The zero-order valence-electron chi connectivity index (χ0n) is 8.32. The van der Waals surface area contributed by atoms with Crippen LogP contribution in [0.2, 0.25) is 0 Å². The van der Waals surface area contributed by atoms with Crippen molar-refractivity contribution in [1.29, 1.82) is 0 Å². The van der Waals surface area contributed by atoms with Crippen molar-refractivity contribution in [1.82, 2.24) is 15.3 Å². The van der Waals surface area contributed by atoms with E-state index in [1.165, 1.54) is 0 Å². The van der Waals surface area contributed by atoms with Gasteiger partial charge in [0.15, 0.2) is 0 Å². The Balaban J connectivity index is 2.56. The van der Waals surface area contributed by atoms with Crippen molar-refractivity contribution in [3.05, 3.63) is 18.2 Å². The molecular formula is C9H15N3O2. The molecule has 0 fully saturated rings. The SMILES string of the molecule is CC(C)N[C@H](Cc1cnc[nH]1)C(=O)O. The molecule has 5 heteroatoms. The second-order valence-corrected chi connectivity index (χ2v) is 3.49. The summed E-state index contributed by atoms with van der Waals surface area (Å²) in [6, 6.07) is -0.408. The minimum Gasteiger partial charge on any atom is -0.480 e. The first-order valence-corrected chi connectivity index (χ1v) is 4.55. The molecular weight excluding hydrogens is 182 g/mol. The van der Waals surface area contributed by atoms with Gasteiger partial charge in [-0.3, -0.25) is 4.79 Å². The summed E-state index contributed by atoms with van der Waals surface area (Å²) in [6.07, 6.45) is 3.61. The summed E-state index contributed by atoms with van der Waals surface area (Å²) in [4.78, 5) is 17.6. The van der Waals surface area contributed by atoms with Gasteiger partial charge >= 0.3 is 5.97 Å². The van der Waals surface area contributed by atoms with E-state index in [1.807, 2.05) is 13.8 Å². The van der Waals surface area contributed by atoms with Crippen LogP contribution >= 0.6 is 0 Å². The van der Waals surface area contributed by atoms with Crippen molar-refractivity contribution >= 4 is 5.97 Å². The number of hydrogen-bond acceptors (Lipinski definition) is 3. The van der Waals surface area contributed by atoms with E-state index in [2.05, 4.69) is 15.3 Å². The van der Waals surface area contributed by atoms with Gasteiger partial charge in [0.2, 0.25) is 0 Å². The van der Waals surface area contributed by atoms with Gasteiger partial charge in [-0.25, -0.2) is 4.98 Å². The Labute approximate surface area is 82.6 Å². The summed E-state index contributed by atoms with van der Waals surface area (Å²) in [5.41, 5.74) is 0.825. The summed E-state index contributed by atoms with van der Waals surface area (Å²) in [5, 5.41) is 11.9. The molecule has 0 amide bonds. The average molecular weight is 197 g/mol. The van der Waals surface area contributed by atoms with Gasteiger partial charge in [-0.15, -0.1) is 0 Å². The number of rotatable bonds is 5. The molecule has 0 bridgehead atoms. The molecule has 1 heterocycles. The Kier molecular flexibility index (Phi) is 3.64. The van der Waals surface area contributed by atoms with E-state index in [9.17, 15) is 4.79 Å². The van der Waals surface area contributed by atoms with Gasteiger partial charge in [0.25, 0.3) is 0 Å². The van der Waals surface area contributed by atoms with Gasteiger partial charge in [0, 0.05) is 24.4 Å². The first kappa shape index (κ1) is 10.7. The summed E-state index contributed by atoms with van der Waals surface area (Å²) in [7, 11) is 0. The van der Waals surface area contributed by atoms with Crippen LogP contribution in [0.3, 0.4) is 0 Å². The third kappa shape index (κ3) is 3.18. The highest BCUT2D eigenvalue weighted by molar-refractivity contribution is 5.73. The molecule has 5 nitrogen and oxygen atoms in total. The van der Waals surface area contributed by atoms with E-state index in [0.717, 1.165) is 5.69 Å². The summed E-state index contributed by atoms with van der Waals surface area (Å²) >= 11 is 0. The highest BCUT2D eigenvalue weighted by Gasteiger charge is 2.18. The number of nitrogens with zero attached hydrogens (tertiary/aromatic N) is 1. The lowest BCUT2D eigenvalue weighted by molar-refractivity contribution is -0.139. The van der Waals surface area contributed by atoms with E-state index in [0.29, 0.717) is 6.42 Å². The van der Waals surface area contributed by atoms with Gasteiger partial charge in [-0.1, -0.05) is 13.8 Å². The van der Waals surface area contributed by atoms with Crippen LogP contribution in [0.1, 0.15) is 19.5 Å². The van der Waals surface area contributed by atoms with Gasteiger partial charge in [0.05, 0.1) is 6.33 Å². The second kappa shape index (κ2) is 4.76. The monoisotopic (exact) mass is 197 g/mol. The summed E-state index contributed by atoms with van der Waals surface area (Å²) in [5.74, 6) is -0.840. The van der Waals surface area contributed by atoms with Crippen LogP contribution in [-0.2, 0) is 11.2 Å². The zero-order chi connectivity index (χ0) is 10.6. The Bertz CT molecular complexity index is 282. The number of aromatic nitrogens is 2. The number of H-pyrrole nitrogens is 1. The molecule has 1 aromatic rings. The molecule has 1 rings (SSSR count). The minimum absolute atomic E-state index is 0.152. The molecule has 78 valence electrons.